The quantitative estimate of drug-likeness (QED) is 0.107. The van der Waals surface area contributed by atoms with Crippen LogP contribution in [0.25, 0.3) is 186 Å². The van der Waals surface area contributed by atoms with Gasteiger partial charge in [0, 0.05) is 66.4 Å². The van der Waals surface area contributed by atoms with Crippen molar-refractivity contribution in [1.82, 2.24) is 9.13 Å². The molecule has 0 unspecified atom stereocenters. The number of nitrogens with zero attached hydrogens (tertiary/aromatic N) is 4. The molecule has 2 heterocycles. The van der Waals surface area contributed by atoms with Crippen LogP contribution in [0.2, 0.25) is 0 Å². The van der Waals surface area contributed by atoms with E-state index in [9.17, 15) is 0 Å². The first-order valence-corrected chi connectivity index (χ1v) is 40.0. The van der Waals surface area contributed by atoms with E-state index in [0.29, 0.717) is 0 Å². The fraction of sp³-hybridized carbons (Fsp3) is 0. The van der Waals surface area contributed by atoms with Crippen LogP contribution in [-0.4, -0.2) is 9.13 Å². The maximum Gasteiger partial charge on any atom is 0.0553 e. The first-order valence-electron chi connectivity index (χ1n) is 40.0. The van der Waals surface area contributed by atoms with Gasteiger partial charge in [0.15, 0.2) is 0 Å². The molecule has 0 radical (unpaired) electrons. The highest BCUT2D eigenvalue weighted by molar-refractivity contribution is 6.26. The summed E-state index contributed by atoms with van der Waals surface area (Å²) in [4.78, 5) is 5.03. The highest BCUT2D eigenvalue weighted by atomic mass is 15.2. The Morgan fingerprint density at radius 1 is 0.155 bits per heavy atom. The summed E-state index contributed by atoms with van der Waals surface area (Å²) in [7, 11) is 0. The van der Waals surface area contributed by atoms with E-state index in [4.69, 9.17) is 0 Å². The summed E-state index contributed by atoms with van der Waals surface area (Å²) in [6, 6.07) is 162. The zero-order valence-corrected chi connectivity index (χ0v) is 63.4. The van der Waals surface area contributed by atoms with Crippen LogP contribution in [0.1, 0.15) is 0 Å². The topological polar surface area (TPSA) is 16.3 Å². The smallest absolute Gasteiger partial charge is 0.0553 e. The van der Waals surface area contributed by atoms with Crippen LogP contribution in [0.15, 0.2) is 437 Å². The molecular weight excluding hydrogens is 1400 g/mol. The van der Waals surface area contributed by atoms with Crippen LogP contribution < -0.4 is 9.80 Å². The predicted octanol–water partition coefficient (Wildman–Crippen LogP) is 31.2. The Balaban J connectivity index is 0.686. The second-order valence-corrected chi connectivity index (χ2v) is 30.7. The van der Waals surface area contributed by atoms with Gasteiger partial charge in [0.25, 0.3) is 0 Å². The average Bonchev–Trinajstić information content (AvgIpc) is 1.52. The van der Waals surface area contributed by atoms with Gasteiger partial charge >= 0.3 is 0 Å². The maximum atomic E-state index is 2.53. The molecule has 2 aromatic heterocycles. The van der Waals surface area contributed by atoms with E-state index in [0.717, 1.165) is 106 Å². The Morgan fingerprint density at radius 3 is 1.07 bits per heavy atom. The van der Waals surface area contributed by atoms with Gasteiger partial charge in [-0.3, -0.25) is 0 Å². The number of benzene rings is 21. The molecule has 4 nitrogen and oxygen atoms in total. The number of rotatable bonds is 13. The molecule has 0 N–H and O–H groups in total. The fourth-order valence-electron chi connectivity index (χ4n) is 18.9. The summed E-state index contributed by atoms with van der Waals surface area (Å²) < 4.78 is 4.88. The van der Waals surface area contributed by atoms with E-state index in [1.54, 1.807) is 0 Å². The summed E-state index contributed by atoms with van der Waals surface area (Å²) in [5.41, 5.74) is 24.9. The largest absolute Gasteiger partial charge is 0.310 e. The van der Waals surface area contributed by atoms with Crippen LogP contribution in [0, 0.1) is 0 Å². The third-order valence-corrected chi connectivity index (χ3v) is 24.1. The van der Waals surface area contributed by atoms with Gasteiger partial charge in [-0.25, -0.2) is 0 Å². The molecule has 21 aromatic carbocycles. The molecule has 4 heteroatoms. The van der Waals surface area contributed by atoms with Gasteiger partial charge in [0.05, 0.1) is 33.4 Å². The van der Waals surface area contributed by atoms with Crippen LogP contribution in [0.3, 0.4) is 0 Å². The molecule has 0 atom stereocenters. The molecule has 0 aliphatic rings. The monoisotopic (exact) mass is 1470 g/mol. The second kappa shape index (κ2) is 27.2. The van der Waals surface area contributed by atoms with Crippen molar-refractivity contribution in [3.63, 3.8) is 0 Å². The lowest BCUT2D eigenvalue weighted by molar-refractivity contribution is 1.18. The Hall–Kier alpha value is -15.4. The first kappa shape index (κ1) is 66.4. The molecule has 0 aliphatic heterocycles. The highest BCUT2D eigenvalue weighted by Gasteiger charge is 2.27. The van der Waals surface area contributed by atoms with Crippen molar-refractivity contribution in [1.29, 1.82) is 0 Å². The summed E-state index contributed by atoms with van der Waals surface area (Å²) >= 11 is 0. The zero-order valence-electron chi connectivity index (χ0n) is 63.4. The van der Waals surface area contributed by atoms with Crippen LogP contribution >= 0.6 is 0 Å². The summed E-state index contributed by atoms with van der Waals surface area (Å²) in [5.74, 6) is 0. The molecule has 23 rings (SSSR count). The van der Waals surface area contributed by atoms with Crippen LogP contribution in [0.5, 0.6) is 0 Å². The molecule has 0 bridgehead atoms. The van der Waals surface area contributed by atoms with Crippen LogP contribution in [-0.2, 0) is 0 Å². The zero-order chi connectivity index (χ0) is 76.3. The van der Waals surface area contributed by atoms with Crippen molar-refractivity contribution in [2.45, 2.75) is 0 Å². The number of fused-ring (bicyclic) bond motifs is 15. The molecule has 0 saturated carbocycles. The van der Waals surface area contributed by atoms with Gasteiger partial charge in [-0.1, -0.05) is 309 Å². The minimum absolute atomic E-state index is 1.04. The fourth-order valence-corrected chi connectivity index (χ4v) is 18.9. The molecule has 540 valence electrons. The highest BCUT2D eigenvalue weighted by Crippen LogP contribution is 2.52. The molecule has 0 saturated heterocycles. The lowest BCUT2D eigenvalue weighted by Crippen LogP contribution is -2.11. The lowest BCUT2D eigenvalue weighted by Gasteiger charge is -2.29. The lowest BCUT2D eigenvalue weighted by atomic mass is 9.92. The molecule has 23 aromatic rings. The van der Waals surface area contributed by atoms with Crippen molar-refractivity contribution < 1.29 is 0 Å². The first-order chi connectivity index (χ1) is 57.5. The normalized spacial score (nSPS) is 11.8. The summed E-state index contributed by atoms with van der Waals surface area (Å²) in [5, 5.41) is 21.5. The van der Waals surface area contributed by atoms with Crippen molar-refractivity contribution in [3.8, 4) is 67.0 Å². The van der Waals surface area contributed by atoms with Gasteiger partial charge in [0.2, 0.25) is 0 Å². The summed E-state index contributed by atoms with van der Waals surface area (Å²) in [6.45, 7) is 0. The van der Waals surface area contributed by atoms with E-state index >= 15 is 0 Å². The number of hydrogen-bond acceptors (Lipinski definition) is 2. The molecular formula is C112H72N4. The minimum Gasteiger partial charge on any atom is -0.310 e. The Bertz CT molecular complexity index is 7910. The third-order valence-electron chi connectivity index (χ3n) is 24.1. The average molecular weight is 1470 g/mol. The predicted molar refractivity (Wildman–Crippen MR) is 494 cm³/mol. The third kappa shape index (κ3) is 11.0. The van der Waals surface area contributed by atoms with Gasteiger partial charge in [-0.2, -0.15) is 0 Å². The van der Waals surface area contributed by atoms with Gasteiger partial charge < -0.3 is 18.9 Å². The molecule has 0 spiro atoms. The van der Waals surface area contributed by atoms with Gasteiger partial charge in [0.1, 0.15) is 0 Å². The van der Waals surface area contributed by atoms with E-state index in [2.05, 4.69) is 456 Å². The van der Waals surface area contributed by atoms with E-state index in [1.807, 2.05) is 0 Å². The maximum absolute atomic E-state index is 2.53. The molecule has 0 amide bonds. The van der Waals surface area contributed by atoms with Crippen molar-refractivity contribution in [2.75, 3.05) is 9.80 Å². The molecule has 0 fully saturated rings. The second-order valence-electron chi connectivity index (χ2n) is 30.7. The SMILES string of the molecule is c1ccc(-c2cc(-c3cccc(-c4ccc5cc(N(c6cccc(-c7c8ccccc8cc8c7c7ccccc7n8-c7ccccc7)c6)c6ccc7ccccc7c6)c6ccccc6c5c4)c3)cc(N(c3cccc(-c4c5ccccc5cc5c4c4ccccc4n5-c4ccccc4)c3)c3cc4ccccc4c4ccccc34)c2)cc1. The van der Waals surface area contributed by atoms with Crippen molar-refractivity contribution in [3.05, 3.63) is 437 Å². The Labute approximate surface area is 671 Å². The van der Waals surface area contributed by atoms with Gasteiger partial charge in [-0.05, 0) is 248 Å². The number of hydrogen-bond donors (Lipinski definition) is 0. The number of aromatic nitrogens is 2. The van der Waals surface area contributed by atoms with E-state index in [1.165, 1.54) is 114 Å². The number of anilines is 6. The summed E-state index contributed by atoms with van der Waals surface area (Å²) in [6.07, 6.45) is 0. The minimum atomic E-state index is 1.04. The standard InChI is InChI=1S/C112H72N4/c1-4-29-73(30-5-1)85-62-86(67-92(66-85)114(106-69-79-33-12-15-46-93(79)96-49-18-20-51-98(96)106)90-45-28-39-84(65-90)110-95-48-17-14-35-81(95)72-108-112(110)101-54-23-25-56-104(101)116(108)88-42-8-3-9-43-88)76-37-26-36-75(61-76)78-57-58-82-70-105(99-52-21-19-50-97(99)102(82)68-78)113(91-60-59-74-31-10-11-32-77(74)63-91)89-44-27-38-83(64-89)109-94-47-16-13-34-80(94)71-107-111(109)100-53-22-24-55-103(100)115(107)87-40-6-2-7-41-87/h1-72H. The van der Waals surface area contributed by atoms with Crippen LogP contribution in [0.4, 0.5) is 34.1 Å². The van der Waals surface area contributed by atoms with E-state index < -0.39 is 0 Å². The molecule has 116 heavy (non-hydrogen) atoms. The van der Waals surface area contributed by atoms with Gasteiger partial charge in [-0.15, -0.1) is 0 Å². The molecule has 0 aliphatic carbocycles. The number of para-hydroxylation sites is 4. The Morgan fingerprint density at radius 2 is 0.509 bits per heavy atom. The van der Waals surface area contributed by atoms with Crippen molar-refractivity contribution in [2.24, 2.45) is 0 Å². The Kier molecular flexibility index (Phi) is 15.6. The van der Waals surface area contributed by atoms with E-state index in [-0.39, 0.29) is 0 Å². The van der Waals surface area contributed by atoms with Crippen molar-refractivity contribution >= 4 is 153 Å².